The van der Waals surface area contributed by atoms with Gasteiger partial charge in [-0.3, -0.25) is 48.0 Å². The summed E-state index contributed by atoms with van der Waals surface area (Å²) < 4.78 is 4.98. The van der Waals surface area contributed by atoms with Gasteiger partial charge in [0.25, 0.3) is 0 Å². The molecule has 3 aliphatic carbocycles. The first-order valence-corrected chi connectivity index (χ1v) is 38.8. The van der Waals surface area contributed by atoms with Crippen LogP contribution in [0.1, 0.15) is 57.4 Å². The van der Waals surface area contributed by atoms with Crippen LogP contribution in [0.5, 0.6) is 0 Å². The Bertz CT molecular complexity index is 5330. The summed E-state index contributed by atoms with van der Waals surface area (Å²) in [6.07, 6.45) is 28.6. The normalized spacial score (nSPS) is 15.2. The monoisotopic (exact) mass is 1550 g/mol. The predicted octanol–water partition coefficient (Wildman–Crippen LogP) is 5.47. The third-order valence-corrected chi connectivity index (χ3v) is 21.7. The maximum absolute atomic E-state index is 13.1. The summed E-state index contributed by atoms with van der Waals surface area (Å²) in [7, 11) is 0. The van der Waals surface area contributed by atoms with Gasteiger partial charge in [0.05, 0.1) is 23.6 Å². The lowest BCUT2D eigenvalue weighted by Gasteiger charge is -2.34. The van der Waals surface area contributed by atoms with Gasteiger partial charge in [-0.25, -0.2) is 29.9 Å². The van der Waals surface area contributed by atoms with Gasteiger partial charge in [-0.2, -0.15) is 30.7 Å². The number of amides is 5. The van der Waals surface area contributed by atoms with E-state index in [1.807, 2.05) is 55.8 Å². The first-order chi connectivity index (χ1) is 56.3. The van der Waals surface area contributed by atoms with Crippen LogP contribution in [0.4, 0.5) is 17.8 Å². The molecule has 9 aromatic heterocycles. The molecule has 0 unspecified atom stereocenters. The van der Waals surface area contributed by atoms with Crippen molar-refractivity contribution >= 4 is 47.4 Å². The summed E-state index contributed by atoms with van der Waals surface area (Å²) in [5, 5.41) is 53.6. The van der Waals surface area contributed by atoms with Gasteiger partial charge in [0.2, 0.25) is 47.4 Å². The molecule has 0 atom stereocenters. The molecule has 32 nitrogen and oxygen atoms in total. The lowest BCUT2D eigenvalue weighted by atomic mass is 10.1. The number of nitrogens with one attached hydrogen (secondary N) is 4. The zero-order valence-electron chi connectivity index (χ0n) is 63.6. The molecule has 2 fully saturated rings. The Morgan fingerprint density at radius 1 is 0.400 bits per heavy atom. The number of aryl methyl sites for hydroxylation is 1. The van der Waals surface area contributed by atoms with Gasteiger partial charge >= 0.3 is 0 Å². The highest BCUT2D eigenvalue weighted by atomic mass is 16.3. The van der Waals surface area contributed by atoms with E-state index in [0.717, 1.165) is 107 Å². The highest BCUT2D eigenvalue weighted by molar-refractivity contribution is 5.83. The number of aromatic nitrogens is 17. The fraction of sp³-hybridized carbons (Fsp3) is 0.325. The van der Waals surface area contributed by atoms with E-state index in [1.54, 1.807) is 94.3 Å². The van der Waals surface area contributed by atoms with Crippen molar-refractivity contribution in [2.75, 3.05) is 88.1 Å². The molecule has 586 valence electrons. The molecule has 32 heteroatoms. The maximum Gasteiger partial charge on any atom is 0.248 e. The van der Waals surface area contributed by atoms with Crippen LogP contribution in [-0.2, 0) is 102 Å². The van der Waals surface area contributed by atoms with Crippen LogP contribution in [0.15, 0.2) is 177 Å². The number of hydrogen-bond acceptors (Lipinski definition) is 23. The number of anilines is 3. The maximum atomic E-state index is 13.1. The Hall–Kier alpha value is -13.4. The summed E-state index contributed by atoms with van der Waals surface area (Å²) in [5.41, 5.74) is 18.9. The molecule has 2 saturated heterocycles. The number of H-pyrrole nitrogens is 1. The van der Waals surface area contributed by atoms with E-state index in [9.17, 15) is 24.0 Å². The van der Waals surface area contributed by atoms with Crippen LogP contribution in [0, 0.1) is 0 Å². The Morgan fingerprint density at radius 3 is 1.19 bits per heavy atom. The van der Waals surface area contributed by atoms with Crippen LogP contribution in [-0.4, -0.2) is 239 Å². The standard InChI is InChI=1S/C29H30N8O3.C28H26N10O.C26H31N7O3/c38-19-27(40)36-11-9-35(10-12-36)26(39)18-37-17-25(28(34-37)20-5-7-30-8-6-20)23-15-31-29(32-16-23)33-24-13-21-3-1-2-4-22(21)14-24;39-26(37-10-8-23-25(16-37)34-36-33-23)17-38-15-22(27(35-38)24-7-3-4-9-29-24)20-13-30-28(31-14-20)32-21-11-18-5-1-2-6-19(18)12-21;1-2-23-22(15-33(30-23)16-24(35)31-7-9-32(10-8-31)25(36)17-34)20-13-27-26(28-14-20)29-21-11-18-5-3-4-6-19(18)12-21/h1-8,15-17,24,38H,9-14,18-19H2,(H,31,32,33);1-7,9,13-15,21H,8,10-12,16-17H2,(H,30,31,32)(H,33,34,36);3-6,13-15,21,34H,2,7-12,16-17H2,1H3,(H,27,28,29). The Kier molecular flexibility index (Phi) is 22.8. The van der Waals surface area contributed by atoms with Gasteiger partial charge in [-0.1, -0.05) is 85.8 Å². The SMILES string of the molecule is CCc1nn(CC(=O)N2CCN(C(=O)CO)CC2)cc1-c1cnc(NC2Cc3ccccc3C2)nc1.O=C(CO)N1CCN(C(=O)Cn2cc(-c3cnc(NC4Cc5ccccc5C4)nc3)c(-c3ccncc3)n2)CC1.O=C(Cn1cc(-c2cnc(NC3Cc4ccccc4C3)nc2)c(-c2ccccn2)n1)N1CCc2n[nH]nc2C1. The first-order valence-electron chi connectivity index (χ1n) is 38.8. The quantitative estimate of drug-likeness (QED) is 0.0550. The number of aromatic amines is 1. The summed E-state index contributed by atoms with van der Waals surface area (Å²) in [4.78, 5) is 107. The van der Waals surface area contributed by atoms with Gasteiger partial charge in [0, 0.05) is 197 Å². The molecular weight excluding hydrogens is 1460 g/mol. The van der Waals surface area contributed by atoms with Crippen LogP contribution >= 0.6 is 0 Å². The smallest absolute Gasteiger partial charge is 0.248 e. The molecule has 12 heterocycles. The second-order valence-corrected chi connectivity index (χ2v) is 29.2. The van der Waals surface area contributed by atoms with Crippen LogP contribution in [0.3, 0.4) is 0 Å². The number of aliphatic hydroxyl groups excluding tert-OH is 2. The van der Waals surface area contributed by atoms with Crippen molar-refractivity contribution in [1.82, 2.24) is 109 Å². The fourth-order valence-electron chi connectivity index (χ4n) is 15.7. The number of hydrogen-bond donors (Lipinski definition) is 6. The number of benzene rings is 3. The van der Waals surface area contributed by atoms with Crippen molar-refractivity contribution < 1.29 is 34.2 Å². The number of piperazine rings is 2. The molecule has 0 bridgehead atoms. The molecule has 115 heavy (non-hydrogen) atoms. The molecule has 0 saturated carbocycles. The molecular formula is C83H87N25O7. The van der Waals surface area contributed by atoms with E-state index < -0.39 is 13.2 Å². The summed E-state index contributed by atoms with van der Waals surface area (Å²) >= 11 is 0. The first kappa shape index (κ1) is 75.7. The average molecular weight is 1550 g/mol. The molecule has 0 spiro atoms. The van der Waals surface area contributed by atoms with Crippen LogP contribution in [0.2, 0.25) is 0 Å². The Balaban J connectivity index is 0.000000130. The molecule has 3 aliphatic heterocycles. The van der Waals surface area contributed by atoms with Crippen molar-refractivity contribution in [2.24, 2.45) is 0 Å². The number of aliphatic hydroxyl groups is 2. The zero-order valence-corrected chi connectivity index (χ0v) is 63.6. The number of fused-ring (bicyclic) bond motifs is 4. The largest absolute Gasteiger partial charge is 0.387 e. The Labute approximate surface area is 662 Å². The molecule has 5 amide bonds. The average Bonchev–Trinajstić information content (AvgIpc) is 1.66. The number of carbonyl (C=O) groups is 5. The van der Waals surface area contributed by atoms with E-state index in [1.165, 1.54) is 33.4 Å². The topological polar surface area (TPSA) is 376 Å². The van der Waals surface area contributed by atoms with Gasteiger partial charge in [0.15, 0.2) is 0 Å². The van der Waals surface area contributed by atoms with Gasteiger partial charge in [-0.15, -0.1) is 0 Å². The van der Waals surface area contributed by atoms with Crippen molar-refractivity contribution in [3.8, 4) is 56.0 Å². The zero-order chi connectivity index (χ0) is 78.7. The number of carbonyl (C=O) groups excluding carboxylic acids is 5. The van der Waals surface area contributed by atoms with E-state index in [0.29, 0.717) is 101 Å². The molecule has 6 N–H and O–H groups in total. The summed E-state index contributed by atoms with van der Waals surface area (Å²) in [5.74, 6) is 1.00. The van der Waals surface area contributed by atoms with E-state index in [-0.39, 0.29) is 67.3 Å². The number of nitrogens with zero attached hydrogens (tertiary/aromatic N) is 21. The molecule has 18 rings (SSSR count). The second-order valence-electron chi connectivity index (χ2n) is 29.2. The van der Waals surface area contributed by atoms with Gasteiger partial charge in [-0.05, 0) is 103 Å². The highest BCUT2D eigenvalue weighted by Gasteiger charge is 2.31. The molecule has 3 aromatic carbocycles. The van der Waals surface area contributed by atoms with E-state index in [2.05, 4.69) is 149 Å². The van der Waals surface area contributed by atoms with Crippen LogP contribution in [0.25, 0.3) is 56.0 Å². The summed E-state index contributed by atoms with van der Waals surface area (Å²) in [6, 6.07) is 35.8. The lowest BCUT2D eigenvalue weighted by Crippen LogP contribution is -2.51. The van der Waals surface area contributed by atoms with Crippen molar-refractivity contribution in [2.45, 2.75) is 103 Å². The minimum absolute atomic E-state index is 0.0290. The number of rotatable bonds is 20. The highest BCUT2D eigenvalue weighted by Crippen LogP contribution is 2.34. The minimum Gasteiger partial charge on any atom is -0.387 e. The van der Waals surface area contributed by atoms with Gasteiger partial charge in [0.1, 0.15) is 49.9 Å². The predicted molar refractivity (Wildman–Crippen MR) is 425 cm³/mol. The minimum atomic E-state index is -0.516. The second kappa shape index (κ2) is 34.7. The lowest BCUT2D eigenvalue weighted by molar-refractivity contribution is -0.141. The molecule has 6 aliphatic rings. The third kappa shape index (κ3) is 17.8. The molecule has 12 aromatic rings. The van der Waals surface area contributed by atoms with Crippen LogP contribution < -0.4 is 16.0 Å². The van der Waals surface area contributed by atoms with Crippen molar-refractivity contribution in [1.29, 1.82) is 0 Å². The van der Waals surface area contributed by atoms with Crippen molar-refractivity contribution in [3.63, 3.8) is 0 Å². The van der Waals surface area contributed by atoms with Crippen molar-refractivity contribution in [3.05, 3.63) is 228 Å². The fourth-order valence-corrected chi connectivity index (χ4v) is 15.7. The van der Waals surface area contributed by atoms with E-state index >= 15 is 0 Å². The van der Waals surface area contributed by atoms with Gasteiger partial charge < -0.3 is 50.7 Å². The third-order valence-electron chi connectivity index (χ3n) is 21.7. The summed E-state index contributed by atoms with van der Waals surface area (Å²) in [6.45, 7) is 5.78. The number of pyridine rings is 2. The molecule has 0 radical (unpaired) electrons. The van der Waals surface area contributed by atoms with E-state index in [4.69, 9.17) is 20.4 Å². The Morgan fingerprint density at radius 2 is 0.774 bits per heavy atom.